The lowest BCUT2D eigenvalue weighted by molar-refractivity contribution is -0.146. The number of likely N-dealkylation sites (tertiary alicyclic amines) is 1. The third-order valence-electron chi connectivity index (χ3n) is 22.5. The topological polar surface area (TPSA) is 299 Å². The van der Waals surface area contributed by atoms with Crippen LogP contribution in [0.5, 0.6) is 0 Å². The van der Waals surface area contributed by atoms with Gasteiger partial charge in [0, 0.05) is 184 Å². The van der Waals surface area contributed by atoms with Gasteiger partial charge in [0.15, 0.2) is 0 Å². The van der Waals surface area contributed by atoms with Crippen LogP contribution in [0.4, 0.5) is 0 Å². The highest BCUT2D eigenvalue weighted by Crippen LogP contribution is 2.50. The van der Waals surface area contributed by atoms with Gasteiger partial charge in [0.1, 0.15) is 39.6 Å². The molecule has 4 atom stereocenters. The SMILES string of the molecule is CCCCCCCCC(=O)OCCN(C)C(=O)C(C)C.CCCCCN(C)C(=O)C(C)C.CCCN(C)C(=O)C(C)C.[C-]#[N+]CCOP(OC1CCN(C(=O)C(C)C)CC1)N(C(C)C)C(C)C.[C-]#[N+]CCOP(OCCCCCCCC(=O)OCCN(C)C(=O)C(C)C)N(C(C)C)C(C)C.[C-]#[N+]CCOP(OCCCCN(C)C(=O)C(C)C)N(C(C)C)C(C)C.[C-]#[N+]CCOP(OCCN(C)C(=O)C(C)C)N(C(C)C)C(C)C. The van der Waals surface area contributed by atoms with Crippen molar-refractivity contribution in [2.24, 2.45) is 41.4 Å². The number of likely N-dealkylation sites (N-methyl/N-ethyl adjacent to an activating group) is 3. The first kappa shape index (κ1) is 153. The predicted molar refractivity (Wildman–Crippen MR) is 611 cm³/mol. The Bertz CT molecular complexity index is 3510. The lowest BCUT2D eigenvalue weighted by atomic mass is 10.1. The van der Waals surface area contributed by atoms with E-state index in [1.807, 2.05) is 128 Å². The summed E-state index contributed by atoms with van der Waals surface area (Å²) in [4.78, 5) is 131. The number of esters is 2. The van der Waals surface area contributed by atoms with Gasteiger partial charge in [-0.15, -0.1) is 0 Å². The predicted octanol–water partition coefficient (Wildman–Crippen LogP) is 24.0. The monoisotopic (exact) mass is 2180 g/mol. The number of rotatable bonds is 71. The second-order valence-corrected chi connectivity index (χ2v) is 47.5. The molecule has 866 valence electrons. The summed E-state index contributed by atoms with van der Waals surface area (Å²) in [6.45, 7) is 105. The summed E-state index contributed by atoms with van der Waals surface area (Å²) < 4.78 is 67.2. The summed E-state index contributed by atoms with van der Waals surface area (Å²) in [5.41, 5.74) is 0. The Kier molecular flexibility index (Phi) is 99.3. The molecule has 0 aromatic heterocycles. The third-order valence-corrected chi connectivity index (χ3v) is 31.0. The molecule has 1 aliphatic rings. The van der Waals surface area contributed by atoms with Gasteiger partial charge >= 0.3 is 11.9 Å². The molecular weight excluding hydrogens is 1960 g/mol. The van der Waals surface area contributed by atoms with Crippen molar-refractivity contribution in [2.75, 3.05) is 180 Å². The van der Waals surface area contributed by atoms with Crippen molar-refractivity contribution in [3.8, 4) is 0 Å². The van der Waals surface area contributed by atoms with Gasteiger partial charge in [-0.1, -0.05) is 182 Å². The number of unbranched alkanes of at least 4 members (excludes halogenated alkanes) is 12. The minimum absolute atomic E-state index is 0.0146. The molecule has 38 heteroatoms. The van der Waals surface area contributed by atoms with E-state index in [0.29, 0.717) is 148 Å². The van der Waals surface area contributed by atoms with Crippen LogP contribution in [0.1, 0.15) is 363 Å². The van der Waals surface area contributed by atoms with E-state index >= 15 is 0 Å². The van der Waals surface area contributed by atoms with Gasteiger partial charge in [-0.25, -0.2) is 45.0 Å². The molecule has 1 fully saturated rings. The molecule has 0 radical (unpaired) electrons. The summed E-state index contributed by atoms with van der Waals surface area (Å²) in [5, 5.41) is 0. The second-order valence-electron chi connectivity index (χ2n) is 41.7. The van der Waals surface area contributed by atoms with Gasteiger partial charge in [-0.05, 0) is 169 Å². The molecule has 4 unspecified atom stereocenters. The highest BCUT2D eigenvalue weighted by molar-refractivity contribution is 7.45. The molecule has 34 nitrogen and oxygen atoms in total. The van der Waals surface area contributed by atoms with Crippen molar-refractivity contribution >= 4 is 87.4 Å². The largest absolute Gasteiger partial charge is 0.464 e. The van der Waals surface area contributed by atoms with E-state index in [1.54, 1.807) is 45.6 Å². The van der Waals surface area contributed by atoms with Crippen LogP contribution in [0.2, 0.25) is 0 Å². The van der Waals surface area contributed by atoms with Gasteiger partial charge in [0.2, 0.25) is 67.5 Å². The molecule has 1 aliphatic heterocycles. The van der Waals surface area contributed by atoms with E-state index in [2.05, 4.69) is 170 Å². The maximum absolute atomic E-state index is 12.1. The molecule has 0 spiro atoms. The van der Waals surface area contributed by atoms with Crippen LogP contribution in [0.15, 0.2) is 0 Å². The van der Waals surface area contributed by atoms with Crippen LogP contribution in [-0.2, 0) is 88.8 Å². The normalized spacial score (nSPS) is 12.9. The zero-order chi connectivity index (χ0) is 115. The van der Waals surface area contributed by atoms with Gasteiger partial charge < -0.3 is 99.3 Å². The summed E-state index contributed by atoms with van der Waals surface area (Å²) in [6.07, 6.45) is 20.9. The van der Waals surface area contributed by atoms with E-state index in [-0.39, 0.29) is 120 Å². The fourth-order valence-electron chi connectivity index (χ4n) is 14.8. The maximum Gasteiger partial charge on any atom is 0.305 e. The third kappa shape index (κ3) is 79.4. The zero-order valence-electron chi connectivity index (χ0n) is 101. The van der Waals surface area contributed by atoms with Crippen LogP contribution < -0.4 is 0 Å². The molecule has 7 amide bonds. The number of carbonyl (C=O) groups excluding carboxylic acids is 9. The number of piperidine rings is 1. The number of nitrogens with zero attached hydrogens (tertiary/aromatic N) is 15. The van der Waals surface area contributed by atoms with Gasteiger partial charge in [0.25, 0.3) is 34.1 Å². The van der Waals surface area contributed by atoms with Crippen molar-refractivity contribution < 1.29 is 88.8 Å². The standard InChI is InChI=1S/C24H46N3O5P.C18H34N3O3P.C18H36N3O3P.C16H32N3O3P.C16H31NO3.C10H21NO.C8H17NO/c1-20(2)24(29)26(8)16-19-30-23(28)14-12-10-9-11-13-17-31-33(32-18-15-25-7)27(21(3)4)22(5)6;1-14(2)18(22)20-11-8-17(9-12-20)24-25(23-13-10-19-7)21(15(3)4)16(5)6;1-15(2)18(22)20(8)12-9-10-13-23-25(24-14-11-19-7)21(16(3)4)17(5)6;1-13(2)16(20)18(8)10-12-22-23(21-11-9-17-7)19(14(3)4)15(5)6;1-5-6-7-8-9-10-11-15(18)20-13-12-17(4)16(19)14(2)3;1-5-6-7-8-11(4)10(12)9(2)3;1-5-6-9(4)8(10)7(2)3/h20-22H,9-19H2,1-6,8H3;14-17H,8-13H2,1-6H3;15-17H,9-14H2,1-6,8H3;13-15H,9-12H2,1-6,8H3;14H,5-13H2,1-4H3;9H,5-8H2,1-4H3;7H,5-6H2,1-4H3. The molecule has 0 aliphatic carbocycles. The van der Waals surface area contributed by atoms with Crippen LogP contribution in [0.25, 0.3) is 19.4 Å². The Hall–Kier alpha value is -5.57. The van der Waals surface area contributed by atoms with Crippen molar-refractivity contribution in [1.82, 2.24) is 53.0 Å². The van der Waals surface area contributed by atoms with E-state index in [9.17, 15) is 43.2 Å². The molecule has 1 saturated heterocycles. The molecule has 148 heavy (non-hydrogen) atoms. The fraction of sp³-hybridized carbons (Fsp3) is 0.882. The second kappa shape index (κ2) is 96.0. The lowest BCUT2D eigenvalue weighted by Gasteiger charge is -2.39. The number of hydrogen-bond acceptors (Lipinski definition) is 23. The lowest BCUT2D eigenvalue weighted by Crippen LogP contribution is -2.43. The number of carbonyl (C=O) groups is 9. The average Bonchev–Trinajstić information content (AvgIpc) is 0.835. The van der Waals surface area contributed by atoms with E-state index < -0.39 is 34.1 Å². The van der Waals surface area contributed by atoms with Crippen molar-refractivity contribution in [2.45, 2.75) is 418 Å². The summed E-state index contributed by atoms with van der Waals surface area (Å²) >= 11 is 0. The van der Waals surface area contributed by atoms with Crippen LogP contribution in [-0.4, -0.2) is 341 Å². The first-order chi connectivity index (χ1) is 69.5. The van der Waals surface area contributed by atoms with Crippen LogP contribution in [0, 0.1) is 67.7 Å². The molecule has 0 saturated carbocycles. The van der Waals surface area contributed by atoms with Crippen molar-refractivity contribution in [3.63, 3.8) is 0 Å². The number of hydrogen-bond donors (Lipinski definition) is 0. The van der Waals surface area contributed by atoms with Crippen LogP contribution in [0.3, 0.4) is 0 Å². The molecular formula is C110H217N15O19P4. The smallest absolute Gasteiger partial charge is 0.305 e. The highest BCUT2D eigenvalue weighted by atomic mass is 31.2. The number of ether oxygens (including phenoxy) is 2. The molecule has 0 aromatic rings. The summed E-state index contributed by atoms with van der Waals surface area (Å²) in [6, 6.07) is 2.42. The Morgan fingerprint density at radius 1 is 0.270 bits per heavy atom. The summed E-state index contributed by atoms with van der Waals surface area (Å²) in [5.74, 6) is 1.06. The van der Waals surface area contributed by atoms with Gasteiger partial charge in [-0.2, -0.15) is 0 Å². The minimum Gasteiger partial charge on any atom is -0.464 e. The Labute approximate surface area is 909 Å². The van der Waals surface area contributed by atoms with E-state index in [1.165, 1.54) is 38.5 Å². The molecule has 1 rings (SSSR count). The Morgan fingerprint density at radius 2 is 0.500 bits per heavy atom. The molecule has 0 N–H and O–H groups in total. The van der Waals surface area contributed by atoms with E-state index in [4.69, 9.17) is 72.0 Å². The Morgan fingerprint density at radius 3 is 0.777 bits per heavy atom. The average molecular weight is 2180 g/mol. The zero-order valence-corrected chi connectivity index (χ0v) is 104. The van der Waals surface area contributed by atoms with Crippen molar-refractivity contribution in [1.29, 1.82) is 0 Å². The number of amides is 7. The van der Waals surface area contributed by atoms with E-state index in [0.717, 1.165) is 116 Å². The van der Waals surface area contributed by atoms with Gasteiger partial charge in [-0.3, -0.25) is 43.2 Å². The maximum atomic E-state index is 12.1. The fourth-order valence-corrected chi connectivity index (χ4v) is 21.4. The minimum atomic E-state index is -1.23. The molecule has 1 heterocycles. The Balaban J connectivity index is -0.000000407. The summed E-state index contributed by atoms with van der Waals surface area (Å²) in [7, 11) is 6.10. The van der Waals surface area contributed by atoms with Gasteiger partial charge in [0.05, 0.1) is 39.0 Å². The van der Waals surface area contributed by atoms with Crippen molar-refractivity contribution in [3.05, 3.63) is 45.7 Å². The quantitative estimate of drug-likeness (QED) is 0.0236. The van der Waals surface area contributed by atoms with Crippen LogP contribution >= 0.6 is 34.1 Å². The first-order valence-electron chi connectivity index (χ1n) is 55.3. The molecule has 0 aromatic carbocycles. The first-order valence-corrected chi connectivity index (χ1v) is 59.9. The molecule has 0 bridgehead atoms. The highest BCUT2D eigenvalue weighted by Gasteiger charge is 2.35.